The average molecular weight is 605 g/mol. The summed E-state index contributed by atoms with van der Waals surface area (Å²) in [7, 11) is 0. The van der Waals surface area contributed by atoms with Gasteiger partial charge in [0, 0.05) is 0 Å². The molecule has 2 aliphatic heterocycles. The van der Waals surface area contributed by atoms with Crippen LogP contribution in [0, 0.1) is 45.3 Å². The van der Waals surface area contributed by atoms with Crippen LogP contribution in [0.4, 0.5) is 0 Å². The zero-order chi connectivity index (χ0) is 31.3. The molecule has 6 aliphatic rings. The van der Waals surface area contributed by atoms with E-state index in [1.165, 1.54) is 5.57 Å². The Morgan fingerprint density at radius 3 is 2.21 bits per heavy atom. The van der Waals surface area contributed by atoms with Crippen molar-refractivity contribution >= 4 is 0 Å². The SMILES string of the molecule is CC(C)=CCC[C@]1(C)O[C@@H]2OC(CO)[C@@H](O)C(O)C2O[C@@H]2CC3[C@@]4(C)CC[C@H](O)C(C)(C)C4CC[C@@]3(C)[C@]3(C)CC[C@H]1C23. The van der Waals surface area contributed by atoms with Gasteiger partial charge in [-0.15, -0.1) is 0 Å². The summed E-state index contributed by atoms with van der Waals surface area (Å²) in [6, 6.07) is 0. The molecule has 6 rings (SSSR count). The van der Waals surface area contributed by atoms with Crippen LogP contribution in [0.2, 0.25) is 0 Å². The van der Waals surface area contributed by atoms with Crippen molar-refractivity contribution < 1.29 is 34.6 Å². The van der Waals surface area contributed by atoms with Crippen LogP contribution in [0.3, 0.4) is 0 Å². The van der Waals surface area contributed by atoms with Gasteiger partial charge in [0.05, 0.1) is 24.4 Å². The van der Waals surface area contributed by atoms with E-state index >= 15 is 0 Å². The molecule has 246 valence electrons. The molecule has 0 aromatic heterocycles. The molecule has 0 radical (unpaired) electrons. The Morgan fingerprint density at radius 1 is 0.837 bits per heavy atom. The zero-order valence-electron chi connectivity index (χ0n) is 28.0. The molecule has 0 aromatic carbocycles. The Labute approximate surface area is 259 Å². The van der Waals surface area contributed by atoms with Crippen molar-refractivity contribution in [3.63, 3.8) is 0 Å². The molecule has 0 amide bonds. The van der Waals surface area contributed by atoms with Gasteiger partial charge in [0.25, 0.3) is 0 Å². The Bertz CT molecular complexity index is 1090. The van der Waals surface area contributed by atoms with E-state index in [1.54, 1.807) is 0 Å². The lowest BCUT2D eigenvalue weighted by molar-refractivity contribution is -0.372. The number of hydrogen-bond acceptors (Lipinski definition) is 7. The lowest BCUT2D eigenvalue weighted by Gasteiger charge is -2.71. The highest BCUT2D eigenvalue weighted by molar-refractivity contribution is 5.21. The molecule has 2 saturated heterocycles. The summed E-state index contributed by atoms with van der Waals surface area (Å²) < 4.78 is 20.2. The van der Waals surface area contributed by atoms with Gasteiger partial charge < -0.3 is 34.6 Å². The number of rotatable bonds is 4. The topological polar surface area (TPSA) is 109 Å². The number of aliphatic hydroxyl groups is 4. The maximum atomic E-state index is 11.4. The van der Waals surface area contributed by atoms with Crippen LogP contribution in [-0.4, -0.2) is 75.5 Å². The smallest absolute Gasteiger partial charge is 0.187 e. The third kappa shape index (κ3) is 4.60. The van der Waals surface area contributed by atoms with E-state index in [9.17, 15) is 20.4 Å². The molecule has 6 fully saturated rings. The van der Waals surface area contributed by atoms with E-state index in [0.717, 1.165) is 57.8 Å². The average Bonchev–Trinajstić information content (AvgIpc) is 3.30. The van der Waals surface area contributed by atoms with Crippen molar-refractivity contribution in [2.45, 2.75) is 162 Å². The van der Waals surface area contributed by atoms with Crippen molar-refractivity contribution in [2.75, 3.05) is 6.61 Å². The molecule has 4 aliphatic carbocycles. The van der Waals surface area contributed by atoms with Gasteiger partial charge >= 0.3 is 0 Å². The number of hydrogen-bond donors (Lipinski definition) is 4. The number of allylic oxidation sites excluding steroid dienone is 2. The summed E-state index contributed by atoms with van der Waals surface area (Å²) in [6.45, 7) is 18.3. The Hall–Kier alpha value is -0.540. The first-order valence-corrected chi connectivity index (χ1v) is 17.3. The Kier molecular flexibility index (Phi) is 8.10. The largest absolute Gasteiger partial charge is 0.394 e. The van der Waals surface area contributed by atoms with Crippen LogP contribution in [0.15, 0.2) is 11.6 Å². The normalized spacial score (nSPS) is 55.6. The van der Waals surface area contributed by atoms with E-state index < -0.39 is 42.9 Å². The summed E-state index contributed by atoms with van der Waals surface area (Å²) in [5, 5.41) is 43.5. The predicted molar refractivity (Wildman–Crippen MR) is 165 cm³/mol. The third-order valence-corrected chi connectivity index (χ3v) is 14.9. The number of aliphatic hydroxyl groups excluding tert-OH is 4. The molecule has 43 heavy (non-hydrogen) atoms. The minimum atomic E-state index is -1.25. The first kappa shape index (κ1) is 32.4. The fourth-order valence-corrected chi connectivity index (χ4v) is 12.3. The second-order valence-corrected chi connectivity index (χ2v) is 17.4. The molecular weight excluding hydrogens is 544 g/mol. The van der Waals surface area contributed by atoms with Gasteiger partial charge in [-0.2, -0.15) is 0 Å². The summed E-state index contributed by atoms with van der Waals surface area (Å²) in [6.07, 6.45) is 5.80. The second kappa shape index (κ2) is 10.7. The molecular formula is C36H60O7. The molecule has 15 atom stereocenters. The first-order chi connectivity index (χ1) is 20.0. The van der Waals surface area contributed by atoms with Crippen LogP contribution in [0.1, 0.15) is 113 Å². The fraction of sp³-hybridized carbons (Fsp3) is 0.944. The molecule has 0 aromatic rings. The molecule has 7 nitrogen and oxygen atoms in total. The highest BCUT2D eigenvalue weighted by atomic mass is 16.7. The molecule has 0 spiro atoms. The first-order valence-electron chi connectivity index (χ1n) is 17.3. The van der Waals surface area contributed by atoms with Gasteiger partial charge in [-0.3, -0.25) is 0 Å². The summed E-state index contributed by atoms with van der Waals surface area (Å²) in [5.74, 6) is 1.38. The maximum Gasteiger partial charge on any atom is 0.187 e. The fourth-order valence-electron chi connectivity index (χ4n) is 12.3. The summed E-state index contributed by atoms with van der Waals surface area (Å²) in [5.41, 5.74) is 0.877. The van der Waals surface area contributed by atoms with Crippen LogP contribution in [0.25, 0.3) is 0 Å². The Balaban J connectivity index is 1.44. The van der Waals surface area contributed by atoms with Crippen molar-refractivity contribution in [1.29, 1.82) is 0 Å². The van der Waals surface area contributed by atoms with Crippen LogP contribution < -0.4 is 0 Å². The molecule has 4 N–H and O–H groups in total. The van der Waals surface area contributed by atoms with Crippen LogP contribution >= 0.6 is 0 Å². The van der Waals surface area contributed by atoms with E-state index in [0.29, 0.717) is 11.8 Å². The van der Waals surface area contributed by atoms with Crippen LogP contribution in [0.5, 0.6) is 0 Å². The Morgan fingerprint density at radius 2 is 1.53 bits per heavy atom. The minimum absolute atomic E-state index is 0.0279. The van der Waals surface area contributed by atoms with Crippen molar-refractivity contribution in [3.05, 3.63) is 11.6 Å². The van der Waals surface area contributed by atoms with Crippen LogP contribution in [-0.2, 0) is 14.2 Å². The van der Waals surface area contributed by atoms with Gasteiger partial charge in [0.1, 0.15) is 24.4 Å². The third-order valence-electron chi connectivity index (χ3n) is 14.9. The van der Waals surface area contributed by atoms with E-state index in [2.05, 4.69) is 61.5 Å². The lowest BCUT2D eigenvalue weighted by atomic mass is 9.35. The lowest BCUT2D eigenvalue weighted by Crippen LogP contribution is -2.70. The van der Waals surface area contributed by atoms with Crippen molar-refractivity contribution in [2.24, 2.45) is 45.3 Å². The van der Waals surface area contributed by atoms with Gasteiger partial charge in [-0.25, -0.2) is 0 Å². The highest BCUT2D eigenvalue weighted by Crippen LogP contribution is 2.76. The van der Waals surface area contributed by atoms with Crippen molar-refractivity contribution in [1.82, 2.24) is 0 Å². The molecule has 6 unspecified atom stereocenters. The molecule has 4 saturated carbocycles. The van der Waals surface area contributed by atoms with Gasteiger partial charge in [0.2, 0.25) is 0 Å². The quantitative estimate of drug-likeness (QED) is 0.320. The monoisotopic (exact) mass is 604 g/mol. The van der Waals surface area contributed by atoms with E-state index in [4.69, 9.17) is 14.2 Å². The summed E-state index contributed by atoms with van der Waals surface area (Å²) >= 11 is 0. The van der Waals surface area contributed by atoms with Gasteiger partial charge in [-0.1, -0.05) is 46.3 Å². The highest BCUT2D eigenvalue weighted by Gasteiger charge is 2.73. The number of ether oxygens (including phenoxy) is 3. The van der Waals surface area contributed by atoms with E-state index in [1.807, 2.05) is 0 Å². The van der Waals surface area contributed by atoms with Gasteiger partial charge in [-0.05, 0) is 124 Å². The molecule has 2 heterocycles. The zero-order valence-corrected chi connectivity index (χ0v) is 28.0. The van der Waals surface area contributed by atoms with Crippen molar-refractivity contribution in [3.8, 4) is 0 Å². The van der Waals surface area contributed by atoms with Gasteiger partial charge in [0.15, 0.2) is 6.29 Å². The molecule has 7 heteroatoms. The minimum Gasteiger partial charge on any atom is -0.394 e. The standard InChI is InChI=1S/C36H60O7/c1-20(2)10-9-14-36(8)21-11-16-35(7)27(21)22(41-30-29(40)28(39)23(19-37)42-31(30)43-36)18-25-33(5)15-13-26(38)32(3,4)24(33)12-17-34(25,35)6/h10,21-31,37-40H,9,11-19H2,1-8H3/t21-,22+,23?,24?,25?,26-,27?,28+,29?,30?,31-,33-,34+,35+,36-/m0/s1. The van der Waals surface area contributed by atoms with E-state index in [-0.39, 0.29) is 45.7 Å². The summed E-state index contributed by atoms with van der Waals surface area (Å²) in [4.78, 5) is 0. The number of fused-ring (bicyclic) bond motifs is 5. The maximum absolute atomic E-state index is 11.4. The molecule has 0 bridgehead atoms. The predicted octanol–water partition coefficient (Wildman–Crippen LogP) is 5.37. The second-order valence-electron chi connectivity index (χ2n) is 17.4.